The summed E-state index contributed by atoms with van der Waals surface area (Å²) < 4.78 is 46.6. The van der Waals surface area contributed by atoms with Crippen molar-refractivity contribution in [2.45, 2.75) is 58.0 Å². The summed E-state index contributed by atoms with van der Waals surface area (Å²) in [7, 11) is 0. The first-order valence-corrected chi connectivity index (χ1v) is 13.8. The molecule has 9 heteroatoms. The number of rotatable bonds is 7. The van der Waals surface area contributed by atoms with Gasteiger partial charge < -0.3 is 14.2 Å². The number of hydrogen-bond donors (Lipinski definition) is 0. The van der Waals surface area contributed by atoms with E-state index < -0.39 is 23.4 Å². The van der Waals surface area contributed by atoms with Crippen LogP contribution in [0.5, 0.6) is 0 Å². The average Bonchev–Trinajstić information content (AvgIpc) is 3.41. The van der Waals surface area contributed by atoms with Crippen molar-refractivity contribution in [2.24, 2.45) is 11.8 Å². The van der Waals surface area contributed by atoms with Crippen molar-refractivity contribution in [3.8, 4) is 0 Å². The fourth-order valence-corrected chi connectivity index (χ4v) is 5.82. The van der Waals surface area contributed by atoms with E-state index in [2.05, 4.69) is 46.1 Å². The summed E-state index contributed by atoms with van der Waals surface area (Å²) in [5.74, 6) is 0.747. The highest BCUT2D eigenvalue weighted by Gasteiger charge is 2.42. The summed E-state index contributed by atoms with van der Waals surface area (Å²) in [5, 5.41) is 0. The lowest BCUT2D eigenvalue weighted by Gasteiger charge is -2.35. The molecular formula is C30H35F3N4O2. The van der Waals surface area contributed by atoms with Gasteiger partial charge in [-0.1, -0.05) is 50.2 Å². The zero-order valence-electron chi connectivity index (χ0n) is 22.5. The predicted octanol–water partition coefficient (Wildman–Crippen LogP) is 6.77. The molecule has 4 heterocycles. The predicted molar refractivity (Wildman–Crippen MR) is 144 cm³/mol. The van der Waals surface area contributed by atoms with Crippen LogP contribution in [0.15, 0.2) is 53.1 Å². The van der Waals surface area contributed by atoms with Crippen LogP contribution in [0.1, 0.15) is 72.8 Å². The molecule has 0 radical (unpaired) electrons. The molecule has 0 bridgehead atoms. The number of pyridine rings is 1. The van der Waals surface area contributed by atoms with E-state index in [-0.39, 0.29) is 12.4 Å². The van der Waals surface area contributed by atoms with Gasteiger partial charge in [0.15, 0.2) is 5.69 Å². The number of ketones is 1. The molecule has 6 nitrogen and oxygen atoms in total. The van der Waals surface area contributed by atoms with Gasteiger partial charge >= 0.3 is 6.18 Å². The number of Topliss-reactive ketones (excluding diaryl/α,β-unsaturated/α-hetero) is 1. The summed E-state index contributed by atoms with van der Waals surface area (Å²) >= 11 is 0. The average molecular weight is 541 g/mol. The van der Waals surface area contributed by atoms with E-state index in [1.165, 1.54) is 5.56 Å². The van der Waals surface area contributed by atoms with E-state index in [1.807, 2.05) is 19.1 Å². The van der Waals surface area contributed by atoms with Crippen molar-refractivity contribution in [1.82, 2.24) is 9.97 Å². The molecular weight excluding hydrogens is 505 g/mol. The van der Waals surface area contributed by atoms with Crippen LogP contribution < -0.4 is 9.80 Å². The third kappa shape index (κ3) is 6.28. The standard InChI is InChI=1S/C30H35F3N4O2/c1-20-7-6-14-37(19-20)29-35-28(30(31,32)33)27(39-29)25(38)17-22-10-11-26(34-18-22)36-15-12-24(13-16-36)21(2)23-8-4-3-5-9-23/h3-5,8-11,18,20-21,24H,6-7,12-17,19H2,1-2H3. The van der Waals surface area contributed by atoms with Crippen LogP contribution in [0.4, 0.5) is 25.0 Å². The number of nitrogens with zero attached hydrogens (tertiary/aromatic N) is 4. The number of halogens is 3. The number of carbonyl (C=O) groups is 1. The van der Waals surface area contributed by atoms with Crippen LogP contribution in [-0.2, 0) is 12.6 Å². The smallest absolute Gasteiger partial charge is 0.420 e. The Morgan fingerprint density at radius 2 is 1.79 bits per heavy atom. The lowest BCUT2D eigenvalue weighted by molar-refractivity contribution is -0.141. The SMILES string of the molecule is CC1CCCN(c2nc(C(F)(F)F)c(C(=O)Cc3ccc(N4CCC(C(C)c5ccccc5)CC4)nc3)o2)C1. The molecule has 0 spiro atoms. The van der Waals surface area contributed by atoms with Crippen molar-refractivity contribution in [3.05, 3.63) is 71.2 Å². The number of piperidine rings is 2. The maximum absolute atomic E-state index is 13.7. The number of hydrogen-bond acceptors (Lipinski definition) is 6. The number of carbonyl (C=O) groups excluding carboxylic acids is 1. The van der Waals surface area contributed by atoms with Gasteiger partial charge in [-0.15, -0.1) is 0 Å². The molecule has 208 valence electrons. The minimum Gasteiger partial charge on any atom is -0.420 e. The molecule has 2 aliphatic rings. The monoisotopic (exact) mass is 540 g/mol. The van der Waals surface area contributed by atoms with Gasteiger partial charge in [0, 0.05) is 38.8 Å². The lowest BCUT2D eigenvalue weighted by atomic mass is 9.81. The van der Waals surface area contributed by atoms with Gasteiger partial charge in [-0.3, -0.25) is 4.79 Å². The molecule has 1 aromatic carbocycles. The molecule has 0 saturated carbocycles. The van der Waals surface area contributed by atoms with Gasteiger partial charge in [0.25, 0.3) is 6.01 Å². The molecule has 2 aromatic heterocycles. The Balaban J connectivity index is 1.22. The minimum atomic E-state index is -4.78. The van der Waals surface area contributed by atoms with Crippen LogP contribution in [0.2, 0.25) is 0 Å². The van der Waals surface area contributed by atoms with E-state index in [4.69, 9.17) is 4.42 Å². The molecule has 0 aliphatic carbocycles. The molecule has 2 aliphatic heterocycles. The minimum absolute atomic E-state index is 0.129. The maximum Gasteiger partial charge on any atom is 0.437 e. The fraction of sp³-hybridized carbons (Fsp3) is 0.500. The van der Waals surface area contributed by atoms with Gasteiger partial charge in [0.1, 0.15) is 5.82 Å². The Hall–Kier alpha value is -3.36. The van der Waals surface area contributed by atoms with Crippen molar-refractivity contribution < 1.29 is 22.4 Å². The Morgan fingerprint density at radius 3 is 2.44 bits per heavy atom. The van der Waals surface area contributed by atoms with Crippen LogP contribution >= 0.6 is 0 Å². The highest BCUT2D eigenvalue weighted by molar-refractivity contribution is 5.96. The van der Waals surface area contributed by atoms with Crippen LogP contribution in [-0.4, -0.2) is 41.9 Å². The topological polar surface area (TPSA) is 62.5 Å². The van der Waals surface area contributed by atoms with Crippen molar-refractivity contribution in [1.29, 1.82) is 0 Å². The van der Waals surface area contributed by atoms with Gasteiger partial charge in [-0.2, -0.15) is 18.2 Å². The first kappa shape index (κ1) is 27.2. The number of aromatic nitrogens is 2. The molecule has 0 amide bonds. The first-order chi connectivity index (χ1) is 18.7. The molecule has 3 aromatic rings. The Labute approximate surface area is 227 Å². The van der Waals surface area contributed by atoms with E-state index >= 15 is 0 Å². The third-order valence-corrected chi connectivity index (χ3v) is 8.14. The summed E-state index contributed by atoms with van der Waals surface area (Å²) in [6, 6.07) is 14.0. The fourth-order valence-electron chi connectivity index (χ4n) is 5.82. The Bertz CT molecular complexity index is 1250. The molecule has 2 fully saturated rings. The Morgan fingerprint density at radius 1 is 1.05 bits per heavy atom. The number of anilines is 2. The summed E-state index contributed by atoms with van der Waals surface area (Å²) in [6.07, 6.45) is 0.518. The summed E-state index contributed by atoms with van der Waals surface area (Å²) in [4.78, 5) is 25.1. The van der Waals surface area contributed by atoms with E-state index in [1.54, 1.807) is 17.2 Å². The van der Waals surface area contributed by atoms with Crippen LogP contribution in [0.3, 0.4) is 0 Å². The largest absolute Gasteiger partial charge is 0.437 e. The zero-order chi connectivity index (χ0) is 27.6. The van der Waals surface area contributed by atoms with Crippen LogP contribution in [0.25, 0.3) is 0 Å². The van der Waals surface area contributed by atoms with E-state index in [0.29, 0.717) is 36.4 Å². The molecule has 5 rings (SSSR count). The molecule has 2 atom stereocenters. The van der Waals surface area contributed by atoms with Gasteiger partial charge in [-0.05, 0) is 60.6 Å². The number of oxazole rings is 1. The van der Waals surface area contributed by atoms with Gasteiger partial charge in [-0.25, -0.2) is 4.98 Å². The summed E-state index contributed by atoms with van der Waals surface area (Å²) in [6.45, 7) is 7.21. The van der Waals surface area contributed by atoms with E-state index in [9.17, 15) is 18.0 Å². The maximum atomic E-state index is 13.7. The van der Waals surface area contributed by atoms with Crippen molar-refractivity contribution >= 4 is 17.6 Å². The second kappa shape index (κ2) is 11.4. The van der Waals surface area contributed by atoms with E-state index in [0.717, 1.165) is 44.6 Å². The first-order valence-electron chi connectivity index (χ1n) is 13.8. The van der Waals surface area contributed by atoms with Crippen LogP contribution in [0, 0.1) is 11.8 Å². The normalized spacial score (nSPS) is 19.8. The molecule has 2 unspecified atom stereocenters. The lowest BCUT2D eigenvalue weighted by Crippen LogP contribution is -2.35. The van der Waals surface area contributed by atoms with Gasteiger partial charge in [0.05, 0.1) is 0 Å². The second-order valence-electron chi connectivity index (χ2n) is 11.0. The zero-order valence-corrected chi connectivity index (χ0v) is 22.5. The van der Waals surface area contributed by atoms with Crippen molar-refractivity contribution in [3.63, 3.8) is 0 Å². The van der Waals surface area contributed by atoms with Gasteiger partial charge in [0.2, 0.25) is 11.5 Å². The second-order valence-corrected chi connectivity index (χ2v) is 11.0. The highest BCUT2D eigenvalue weighted by Crippen LogP contribution is 2.36. The molecule has 39 heavy (non-hydrogen) atoms. The summed E-state index contributed by atoms with van der Waals surface area (Å²) in [5.41, 5.74) is 0.646. The number of alkyl halides is 3. The quantitative estimate of drug-likeness (QED) is 0.308. The van der Waals surface area contributed by atoms with Crippen molar-refractivity contribution in [2.75, 3.05) is 36.0 Å². The highest BCUT2D eigenvalue weighted by atomic mass is 19.4. The number of benzene rings is 1. The Kier molecular flexibility index (Phi) is 7.96. The third-order valence-electron chi connectivity index (χ3n) is 8.14. The molecule has 2 saturated heterocycles. The molecule has 0 N–H and O–H groups in total.